The standard InChI is InChI=1S/C21H21N3O/c25-21(18-8-10-20(11-9-18)22-12-4-5-13-22)24-16-14-23(15-17-24)19-6-2-1-3-7-19/h1-13H,14-17H2. The molecule has 1 amide bonds. The molecule has 0 atom stereocenters. The summed E-state index contributed by atoms with van der Waals surface area (Å²) in [5.41, 5.74) is 3.05. The highest BCUT2D eigenvalue weighted by molar-refractivity contribution is 5.94. The number of para-hydroxylation sites is 1. The van der Waals surface area contributed by atoms with Gasteiger partial charge in [-0.25, -0.2) is 0 Å². The Balaban J connectivity index is 1.40. The van der Waals surface area contributed by atoms with Crippen molar-refractivity contribution in [3.05, 3.63) is 84.7 Å². The molecule has 1 aliphatic rings. The van der Waals surface area contributed by atoms with Gasteiger partial charge in [-0.05, 0) is 48.5 Å². The van der Waals surface area contributed by atoms with Gasteiger partial charge in [0.05, 0.1) is 0 Å². The van der Waals surface area contributed by atoms with Gasteiger partial charge in [0, 0.05) is 55.5 Å². The SMILES string of the molecule is O=C(c1ccc(-n2cccc2)cc1)N1CCN(c2ccccc2)CC1. The predicted octanol–water partition coefficient (Wildman–Crippen LogP) is 3.44. The largest absolute Gasteiger partial charge is 0.368 e. The minimum atomic E-state index is 0.117. The third kappa shape index (κ3) is 3.29. The molecule has 1 aliphatic heterocycles. The quantitative estimate of drug-likeness (QED) is 0.735. The van der Waals surface area contributed by atoms with Gasteiger partial charge in [0.2, 0.25) is 0 Å². The van der Waals surface area contributed by atoms with Crippen LogP contribution in [0.5, 0.6) is 0 Å². The van der Waals surface area contributed by atoms with Gasteiger partial charge in [0.1, 0.15) is 0 Å². The number of rotatable bonds is 3. The minimum Gasteiger partial charge on any atom is -0.368 e. The lowest BCUT2D eigenvalue weighted by atomic mass is 10.1. The van der Waals surface area contributed by atoms with Gasteiger partial charge in [-0.3, -0.25) is 4.79 Å². The monoisotopic (exact) mass is 331 g/mol. The highest BCUT2D eigenvalue weighted by Crippen LogP contribution is 2.17. The Labute approximate surface area is 147 Å². The van der Waals surface area contributed by atoms with Crippen molar-refractivity contribution < 1.29 is 4.79 Å². The number of piperazine rings is 1. The maximum absolute atomic E-state index is 12.7. The van der Waals surface area contributed by atoms with Crippen molar-refractivity contribution in [1.82, 2.24) is 9.47 Å². The summed E-state index contributed by atoms with van der Waals surface area (Å²) in [6.07, 6.45) is 4.00. The molecule has 0 aliphatic carbocycles. The smallest absolute Gasteiger partial charge is 0.253 e. The lowest BCUT2D eigenvalue weighted by molar-refractivity contribution is 0.0747. The van der Waals surface area contributed by atoms with E-state index in [-0.39, 0.29) is 5.91 Å². The Kier molecular flexibility index (Phi) is 4.25. The van der Waals surface area contributed by atoms with Crippen molar-refractivity contribution in [3.8, 4) is 5.69 Å². The van der Waals surface area contributed by atoms with Crippen LogP contribution < -0.4 is 4.90 Å². The van der Waals surface area contributed by atoms with E-state index in [1.54, 1.807) is 0 Å². The summed E-state index contributed by atoms with van der Waals surface area (Å²) in [7, 11) is 0. The number of anilines is 1. The molecule has 126 valence electrons. The van der Waals surface area contributed by atoms with Crippen LogP contribution in [0.2, 0.25) is 0 Å². The van der Waals surface area contributed by atoms with Crippen LogP contribution >= 0.6 is 0 Å². The van der Waals surface area contributed by atoms with Gasteiger partial charge in [-0.15, -0.1) is 0 Å². The first-order valence-electron chi connectivity index (χ1n) is 8.64. The maximum atomic E-state index is 12.7. The second-order valence-electron chi connectivity index (χ2n) is 6.25. The molecule has 1 fully saturated rings. The molecule has 4 heteroatoms. The number of hydrogen-bond acceptors (Lipinski definition) is 2. The fourth-order valence-electron chi connectivity index (χ4n) is 3.27. The van der Waals surface area contributed by atoms with Crippen LogP contribution in [0.1, 0.15) is 10.4 Å². The fraction of sp³-hybridized carbons (Fsp3) is 0.190. The second kappa shape index (κ2) is 6.85. The highest BCUT2D eigenvalue weighted by Gasteiger charge is 2.22. The van der Waals surface area contributed by atoms with Gasteiger partial charge in [0.25, 0.3) is 5.91 Å². The molecule has 0 bridgehead atoms. The summed E-state index contributed by atoms with van der Waals surface area (Å²) in [6.45, 7) is 3.26. The molecule has 2 aromatic carbocycles. The molecule has 0 spiro atoms. The Morgan fingerprint density at radius 2 is 1.32 bits per heavy atom. The molecule has 1 aromatic heterocycles. The molecule has 0 radical (unpaired) electrons. The van der Waals surface area contributed by atoms with Gasteiger partial charge in [-0.1, -0.05) is 18.2 Å². The summed E-state index contributed by atoms with van der Waals surface area (Å²) in [5, 5.41) is 0. The van der Waals surface area contributed by atoms with Crippen LogP contribution in [0.25, 0.3) is 5.69 Å². The molecule has 3 aromatic rings. The van der Waals surface area contributed by atoms with Gasteiger partial charge < -0.3 is 14.4 Å². The average Bonchev–Trinajstić information content (AvgIpc) is 3.23. The zero-order valence-corrected chi connectivity index (χ0v) is 14.1. The minimum absolute atomic E-state index is 0.117. The predicted molar refractivity (Wildman–Crippen MR) is 100 cm³/mol. The molecule has 4 nitrogen and oxygen atoms in total. The molecule has 25 heavy (non-hydrogen) atoms. The zero-order valence-electron chi connectivity index (χ0n) is 14.1. The van der Waals surface area contributed by atoms with E-state index in [0.717, 1.165) is 37.4 Å². The lowest BCUT2D eigenvalue weighted by Gasteiger charge is -2.36. The maximum Gasteiger partial charge on any atom is 0.253 e. The Morgan fingerprint density at radius 3 is 1.96 bits per heavy atom. The molecule has 1 saturated heterocycles. The van der Waals surface area contributed by atoms with E-state index in [0.29, 0.717) is 0 Å². The van der Waals surface area contributed by atoms with Crippen molar-refractivity contribution in [2.24, 2.45) is 0 Å². The number of benzene rings is 2. The van der Waals surface area contributed by atoms with Gasteiger partial charge >= 0.3 is 0 Å². The van der Waals surface area contributed by atoms with E-state index < -0.39 is 0 Å². The Bertz CT molecular complexity index is 817. The van der Waals surface area contributed by atoms with E-state index in [9.17, 15) is 4.79 Å². The van der Waals surface area contributed by atoms with Crippen LogP contribution in [0.15, 0.2) is 79.1 Å². The van der Waals surface area contributed by atoms with Crippen LogP contribution in [-0.4, -0.2) is 41.6 Å². The molecular weight excluding hydrogens is 310 g/mol. The zero-order chi connectivity index (χ0) is 17.1. The van der Waals surface area contributed by atoms with Crippen LogP contribution in [0.3, 0.4) is 0 Å². The number of aromatic nitrogens is 1. The molecule has 0 saturated carbocycles. The molecule has 4 rings (SSSR count). The first kappa shape index (κ1) is 15.5. The van der Waals surface area contributed by atoms with E-state index in [1.807, 2.05) is 64.3 Å². The summed E-state index contributed by atoms with van der Waals surface area (Å²) >= 11 is 0. The molecule has 0 unspecified atom stereocenters. The topological polar surface area (TPSA) is 28.5 Å². The number of carbonyl (C=O) groups excluding carboxylic acids is 1. The third-order valence-corrected chi connectivity index (χ3v) is 4.71. The molecule has 2 heterocycles. The number of nitrogens with zero attached hydrogens (tertiary/aromatic N) is 3. The van der Waals surface area contributed by atoms with Crippen molar-refractivity contribution in [3.63, 3.8) is 0 Å². The Morgan fingerprint density at radius 1 is 0.680 bits per heavy atom. The summed E-state index contributed by atoms with van der Waals surface area (Å²) in [5.74, 6) is 0.117. The summed E-state index contributed by atoms with van der Waals surface area (Å²) < 4.78 is 2.03. The normalized spacial score (nSPS) is 14.6. The molecular formula is C21H21N3O. The van der Waals surface area contributed by atoms with Crippen molar-refractivity contribution in [1.29, 1.82) is 0 Å². The highest BCUT2D eigenvalue weighted by atomic mass is 16.2. The number of carbonyl (C=O) groups is 1. The first-order valence-corrected chi connectivity index (χ1v) is 8.64. The fourth-order valence-corrected chi connectivity index (χ4v) is 3.27. The van der Waals surface area contributed by atoms with Crippen LogP contribution in [0, 0.1) is 0 Å². The summed E-state index contributed by atoms with van der Waals surface area (Å²) in [6, 6.07) is 22.2. The van der Waals surface area contributed by atoms with E-state index in [1.165, 1.54) is 5.69 Å². The first-order chi connectivity index (χ1) is 12.3. The average molecular weight is 331 g/mol. The van der Waals surface area contributed by atoms with Crippen molar-refractivity contribution in [2.75, 3.05) is 31.1 Å². The third-order valence-electron chi connectivity index (χ3n) is 4.71. The second-order valence-corrected chi connectivity index (χ2v) is 6.25. The van der Waals surface area contributed by atoms with Crippen LogP contribution in [0.4, 0.5) is 5.69 Å². The van der Waals surface area contributed by atoms with E-state index >= 15 is 0 Å². The lowest BCUT2D eigenvalue weighted by Crippen LogP contribution is -2.48. The van der Waals surface area contributed by atoms with E-state index in [4.69, 9.17) is 0 Å². The van der Waals surface area contributed by atoms with E-state index in [2.05, 4.69) is 29.2 Å². The van der Waals surface area contributed by atoms with Crippen LogP contribution in [-0.2, 0) is 0 Å². The summed E-state index contributed by atoms with van der Waals surface area (Å²) in [4.78, 5) is 17.0. The number of amides is 1. The van der Waals surface area contributed by atoms with Gasteiger partial charge in [0.15, 0.2) is 0 Å². The van der Waals surface area contributed by atoms with Gasteiger partial charge in [-0.2, -0.15) is 0 Å². The van der Waals surface area contributed by atoms with Crippen molar-refractivity contribution >= 4 is 11.6 Å². The van der Waals surface area contributed by atoms with Crippen molar-refractivity contribution in [2.45, 2.75) is 0 Å². The number of hydrogen-bond donors (Lipinski definition) is 0. The Hall–Kier alpha value is -3.01. The molecule has 0 N–H and O–H groups in total.